The van der Waals surface area contributed by atoms with Crippen LogP contribution in [0.4, 0.5) is 0 Å². The van der Waals surface area contributed by atoms with Gasteiger partial charge in [-0.3, -0.25) is 4.90 Å². The molecule has 2 fully saturated rings. The average Bonchev–Trinajstić information content (AvgIpc) is 3.09. The molecule has 1 N–H and O–H groups in total. The summed E-state index contributed by atoms with van der Waals surface area (Å²) in [6.07, 6.45) is 2.66. The highest BCUT2D eigenvalue weighted by Gasteiger charge is 2.39. The van der Waals surface area contributed by atoms with Gasteiger partial charge in [0.25, 0.3) is 0 Å². The number of nitrogens with zero attached hydrogens (tertiary/aromatic N) is 1. The van der Waals surface area contributed by atoms with E-state index in [0.29, 0.717) is 5.41 Å². The number of hydrogen-bond donors (Lipinski definition) is 1. The first-order valence-electron chi connectivity index (χ1n) is 7.39. The Morgan fingerprint density at radius 1 is 1.19 bits per heavy atom. The molecule has 0 aliphatic carbocycles. The highest BCUT2D eigenvalue weighted by Crippen LogP contribution is 2.37. The van der Waals surface area contributed by atoms with E-state index in [1.54, 1.807) is 14.2 Å². The molecule has 0 amide bonds. The van der Waals surface area contributed by atoms with Crippen molar-refractivity contribution >= 4 is 12.4 Å². The molecule has 1 spiro atoms. The smallest absolute Gasteiger partial charge is 0.161 e. The molecule has 21 heavy (non-hydrogen) atoms. The minimum absolute atomic E-state index is 0. The summed E-state index contributed by atoms with van der Waals surface area (Å²) in [5.41, 5.74) is 1.84. The van der Waals surface area contributed by atoms with E-state index in [1.165, 1.54) is 44.6 Å². The Morgan fingerprint density at radius 3 is 2.67 bits per heavy atom. The maximum Gasteiger partial charge on any atom is 0.161 e. The molecule has 0 bridgehead atoms. The molecule has 1 unspecified atom stereocenters. The molecule has 2 heterocycles. The Morgan fingerprint density at radius 2 is 2.00 bits per heavy atom. The minimum atomic E-state index is 0. The van der Waals surface area contributed by atoms with E-state index in [0.717, 1.165) is 18.0 Å². The summed E-state index contributed by atoms with van der Waals surface area (Å²) >= 11 is 0. The highest BCUT2D eigenvalue weighted by molar-refractivity contribution is 5.85. The zero-order valence-corrected chi connectivity index (χ0v) is 13.7. The van der Waals surface area contributed by atoms with Crippen molar-refractivity contribution in [1.82, 2.24) is 10.2 Å². The van der Waals surface area contributed by atoms with Gasteiger partial charge in [0.1, 0.15) is 0 Å². The number of ether oxygens (including phenoxy) is 2. The van der Waals surface area contributed by atoms with Gasteiger partial charge in [-0.1, -0.05) is 6.07 Å². The lowest BCUT2D eigenvalue weighted by Crippen LogP contribution is -2.28. The van der Waals surface area contributed by atoms with Gasteiger partial charge in [-0.25, -0.2) is 0 Å². The van der Waals surface area contributed by atoms with Gasteiger partial charge in [0.2, 0.25) is 0 Å². The van der Waals surface area contributed by atoms with Crippen LogP contribution < -0.4 is 14.8 Å². The van der Waals surface area contributed by atoms with Gasteiger partial charge in [0.05, 0.1) is 14.2 Å². The van der Waals surface area contributed by atoms with Crippen LogP contribution in [0.2, 0.25) is 0 Å². The van der Waals surface area contributed by atoms with Gasteiger partial charge < -0.3 is 14.8 Å². The second-order valence-electron chi connectivity index (χ2n) is 6.08. The van der Waals surface area contributed by atoms with Crippen LogP contribution in [0, 0.1) is 5.41 Å². The summed E-state index contributed by atoms with van der Waals surface area (Å²) in [6, 6.07) is 6.23. The monoisotopic (exact) mass is 312 g/mol. The summed E-state index contributed by atoms with van der Waals surface area (Å²) < 4.78 is 10.7. The van der Waals surface area contributed by atoms with E-state index in [1.807, 2.05) is 6.07 Å². The molecule has 5 heteroatoms. The van der Waals surface area contributed by atoms with Crippen LogP contribution in [0.1, 0.15) is 18.4 Å². The third-order valence-corrected chi connectivity index (χ3v) is 4.70. The van der Waals surface area contributed by atoms with E-state index < -0.39 is 0 Å². The van der Waals surface area contributed by atoms with Gasteiger partial charge in [0.15, 0.2) is 11.5 Å². The Hall–Kier alpha value is -0.970. The summed E-state index contributed by atoms with van der Waals surface area (Å²) in [7, 11) is 3.37. The fraction of sp³-hybridized carbons (Fsp3) is 0.625. The predicted molar refractivity (Wildman–Crippen MR) is 86.6 cm³/mol. The largest absolute Gasteiger partial charge is 0.493 e. The van der Waals surface area contributed by atoms with Crippen LogP contribution in [0.25, 0.3) is 0 Å². The zero-order valence-electron chi connectivity index (χ0n) is 12.9. The number of likely N-dealkylation sites (tertiary alicyclic amines) is 1. The second kappa shape index (κ2) is 6.86. The van der Waals surface area contributed by atoms with Gasteiger partial charge in [-0.15, -0.1) is 12.4 Å². The van der Waals surface area contributed by atoms with E-state index in [-0.39, 0.29) is 12.4 Å². The fourth-order valence-electron chi connectivity index (χ4n) is 3.54. The zero-order chi connectivity index (χ0) is 14.0. The molecule has 1 atom stereocenters. The van der Waals surface area contributed by atoms with Crippen molar-refractivity contribution in [2.45, 2.75) is 19.4 Å². The van der Waals surface area contributed by atoms with Crippen molar-refractivity contribution in [3.8, 4) is 11.5 Å². The maximum absolute atomic E-state index is 5.38. The lowest BCUT2D eigenvalue weighted by atomic mass is 9.86. The van der Waals surface area contributed by atoms with Crippen molar-refractivity contribution in [1.29, 1.82) is 0 Å². The minimum Gasteiger partial charge on any atom is -0.493 e. The predicted octanol–water partition coefficient (Wildman–Crippen LogP) is 2.31. The summed E-state index contributed by atoms with van der Waals surface area (Å²) in [4.78, 5) is 2.56. The molecule has 2 saturated heterocycles. The summed E-state index contributed by atoms with van der Waals surface area (Å²) in [5, 5.41) is 3.51. The van der Waals surface area contributed by atoms with Crippen molar-refractivity contribution in [2.75, 3.05) is 40.4 Å². The first-order valence-corrected chi connectivity index (χ1v) is 7.39. The second-order valence-corrected chi connectivity index (χ2v) is 6.08. The molecule has 2 aliphatic rings. The van der Waals surface area contributed by atoms with Crippen LogP contribution in [0.15, 0.2) is 18.2 Å². The molecular weight excluding hydrogens is 288 g/mol. The molecule has 1 aromatic rings. The lowest BCUT2D eigenvalue weighted by Gasteiger charge is -2.23. The van der Waals surface area contributed by atoms with Crippen LogP contribution >= 0.6 is 12.4 Å². The number of benzene rings is 1. The number of rotatable bonds is 4. The third kappa shape index (κ3) is 3.44. The molecule has 118 valence electrons. The number of hydrogen-bond acceptors (Lipinski definition) is 4. The van der Waals surface area contributed by atoms with Gasteiger partial charge in [-0.05, 0) is 49.0 Å². The van der Waals surface area contributed by atoms with Crippen LogP contribution in [0.3, 0.4) is 0 Å². The lowest BCUT2D eigenvalue weighted by molar-refractivity contribution is 0.268. The standard InChI is InChI=1S/C16H24N2O2.ClH/c1-19-14-4-3-13(9-15(14)20-2)10-18-8-6-16(12-18)5-7-17-11-16;/h3-4,9,17H,5-8,10-12H2,1-2H3;1H. The maximum atomic E-state index is 5.38. The van der Waals surface area contributed by atoms with E-state index in [4.69, 9.17) is 9.47 Å². The fourth-order valence-corrected chi connectivity index (χ4v) is 3.54. The molecule has 2 aliphatic heterocycles. The van der Waals surface area contributed by atoms with Gasteiger partial charge in [0, 0.05) is 19.6 Å². The van der Waals surface area contributed by atoms with Crippen LogP contribution in [0.5, 0.6) is 11.5 Å². The van der Waals surface area contributed by atoms with Crippen molar-refractivity contribution in [2.24, 2.45) is 5.41 Å². The Labute approximate surface area is 133 Å². The first kappa shape index (κ1) is 16.4. The first-order chi connectivity index (χ1) is 9.74. The topological polar surface area (TPSA) is 33.7 Å². The van der Waals surface area contributed by atoms with Crippen molar-refractivity contribution in [3.63, 3.8) is 0 Å². The molecule has 3 rings (SSSR count). The van der Waals surface area contributed by atoms with Crippen molar-refractivity contribution in [3.05, 3.63) is 23.8 Å². The molecular formula is C16H25ClN2O2. The van der Waals surface area contributed by atoms with Crippen molar-refractivity contribution < 1.29 is 9.47 Å². The van der Waals surface area contributed by atoms with Gasteiger partial charge in [-0.2, -0.15) is 0 Å². The Bertz CT molecular complexity index is 475. The molecule has 0 radical (unpaired) electrons. The SMILES string of the molecule is COc1ccc(CN2CCC3(CCNC3)C2)cc1OC.Cl. The summed E-state index contributed by atoms with van der Waals surface area (Å²) in [6.45, 7) is 5.80. The molecule has 1 aromatic carbocycles. The highest BCUT2D eigenvalue weighted by atomic mass is 35.5. The third-order valence-electron chi connectivity index (χ3n) is 4.70. The Kier molecular flexibility index (Phi) is 5.36. The number of halogens is 1. The number of nitrogens with one attached hydrogen (secondary N) is 1. The van der Waals surface area contributed by atoms with Crippen LogP contribution in [-0.4, -0.2) is 45.3 Å². The molecule has 4 nitrogen and oxygen atoms in total. The van der Waals surface area contributed by atoms with Gasteiger partial charge >= 0.3 is 0 Å². The van der Waals surface area contributed by atoms with E-state index >= 15 is 0 Å². The molecule has 0 saturated carbocycles. The Balaban J connectivity index is 0.00000161. The van der Waals surface area contributed by atoms with E-state index in [9.17, 15) is 0 Å². The van der Waals surface area contributed by atoms with E-state index in [2.05, 4.69) is 22.3 Å². The van der Waals surface area contributed by atoms with Crippen LogP contribution in [-0.2, 0) is 6.54 Å². The number of methoxy groups -OCH3 is 2. The quantitative estimate of drug-likeness (QED) is 0.925. The normalized spacial score (nSPS) is 25.0. The summed E-state index contributed by atoms with van der Waals surface area (Å²) in [5.74, 6) is 1.62. The molecule has 0 aromatic heterocycles. The average molecular weight is 313 g/mol.